The summed E-state index contributed by atoms with van der Waals surface area (Å²) in [5.74, 6) is 0.356. The van der Waals surface area contributed by atoms with Crippen LogP contribution in [0.5, 0.6) is 0 Å². The highest BCUT2D eigenvalue weighted by atomic mass is 16.1. The number of nitrogens with zero attached hydrogens (tertiary/aromatic N) is 6. The SMILES string of the molecule is Nc1nn[nH]n1.O.O=CNc1nn[nH]n1. The Morgan fingerprint density at radius 1 is 1.20 bits per heavy atom. The molecule has 0 atom stereocenters. The molecule has 0 saturated heterocycles. The van der Waals surface area contributed by atoms with E-state index in [0.29, 0.717) is 6.41 Å². The number of aromatic amines is 2. The molecule has 0 aliphatic carbocycles. The highest BCUT2D eigenvalue weighted by molar-refractivity contribution is 5.65. The van der Waals surface area contributed by atoms with Crippen LogP contribution in [-0.2, 0) is 4.79 Å². The number of hydrogen-bond acceptors (Lipinski definition) is 8. The lowest BCUT2D eigenvalue weighted by molar-refractivity contribution is -0.105. The van der Waals surface area contributed by atoms with Gasteiger partial charge < -0.3 is 11.2 Å². The van der Waals surface area contributed by atoms with Crippen LogP contribution >= 0.6 is 0 Å². The first kappa shape index (κ1) is 12.4. The van der Waals surface area contributed by atoms with Crippen molar-refractivity contribution in [3.63, 3.8) is 0 Å². The number of H-pyrrole nitrogens is 2. The zero-order chi connectivity index (χ0) is 10.2. The molecule has 12 nitrogen and oxygen atoms in total. The summed E-state index contributed by atoms with van der Waals surface area (Å²) in [4.78, 5) is 9.64. The van der Waals surface area contributed by atoms with Crippen LogP contribution in [0.3, 0.4) is 0 Å². The molecule has 1 amide bonds. The highest BCUT2D eigenvalue weighted by Gasteiger charge is 1.89. The highest BCUT2D eigenvalue weighted by Crippen LogP contribution is 1.83. The number of nitrogen functional groups attached to an aromatic ring is 1. The minimum absolute atomic E-state index is 0. The van der Waals surface area contributed by atoms with Crippen molar-refractivity contribution in [3.05, 3.63) is 0 Å². The first-order chi connectivity index (χ1) is 6.83. The lowest BCUT2D eigenvalue weighted by Crippen LogP contribution is -1.94. The van der Waals surface area contributed by atoms with E-state index in [9.17, 15) is 4.79 Å². The number of nitrogens with one attached hydrogen (secondary N) is 3. The monoisotopic (exact) mass is 216 g/mol. The minimum Gasteiger partial charge on any atom is -0.412 e. The number of tetrazole rings is 2. The second kappa shape index (κ2) is 6.84. The summed E-state index contributed by atoms with van der Waals surface area (Å²) in [7, 11) is 0. The maximum absolute atomic E-state index is 9.64. The fourth-order valence-corrected chi connectivity index (χ4v) is 0.445. The van der Waals surface area contributed by atoms with E-state index in [1.54, 1.807) is 0 Å². The predicted molar refractivity (Wildman–Crippen MR) is 46.1 cm³/mol. The maximum atomic E-state index is 9.64. The van der Waals surface area contributed by atoms with Gasteiger partial charge in [-0.2, -0.15) is 10.4 Å². The third-order valence-corrected chi connectivity index (χ3v) is 0.895. The van der Waals surface area contributed by atoms with Gasteiger partial charge in [0.05, 0.1) is 0 Å². The molecule has 0 aliphatic rings. The number of carbonyl (C=O) groups excluding carboxylic acids is 1. The fraction of sp³-hybridized carbons (Fsp3) is 0. The Bertz CT molecular complexity index is 341. The van der Waals surface area contributed by atoms with E-state index in [-0.39, 0.29) is 17.4 Å². The number of aromatic nitrogens is 8. The number of hydrogen-bond donors (Lipinski definition) is 4. The molecule has 2 aromatic rings. The Labute approximate surface area is 81.9 Å². The largest absolute Gasteiger partial charge is 0.412 e. The second-order valence-electron chi connectivity index (χ2n) is 1.77. The Morgan fingerprint density at radius 3 is 2.20 bits per heavy atom. The lowest BCUT2D eigenvalue weighted by atomic mass is 11.0. The number of anilines is 2. The van der Waals surface area contributed by atoms with Gasteiger partial charge in [0.25, 0.3) is 11.9 Å². The van der Waals surface area contributed by atoms with Crippen LogP contribution in [-0.4, -0.2) is 53.1 Å². The van der Waals surface area contributed by atoms with Crippen molar-refractivity contribution >= 4 is 18.3 Å². The van der Waals surface area contributed by atoms with Crippen LogP contribution in [0.2, 0.25) is 0 Å². The molecule has 0 bridgehead atoms. The average Bonchev–Trinajstić information content (AvgIpc) is 2.79. The normalized spacial score (nSPS) is 8.00. The third kappa shape index (κ3) is 4.83. The molecule has 0 aromatic carbocycles. The molecule has 0 saturated carbocycles. The molecule has 0 radical (unpaired) electrons. The summed E-state index contributed by atoms with van der Waals surface area (Å²) >= 11 is 0. The summed E-state index contributed by atoms with van der Waals surface area (Å²) in [5.41, 5.74) is 4.96. The summed E-state index contributed by atoms with van der Waals surface area (Å²) in [6.45, 7) is 0. The van der Waals surface area contributed by atoms with Gasteiger partial charge in [0.2, 0.25) is 6.41 Å². The van der Waals surface area contributed by atoms with Gasteiger partial charge in [-0.25, -0.2) is 0 Å². The van der Waals surface area contributed by atoms with Gasteiger partial charge in [0.1, 0.15) is 0 Å². The predicted octanol–water partition coefficient (Wildman–Crippen LogP) is -3.27. The Balaban J connectivity index is 0.000000253. The molecular formula is C3H8N10O2. The van der Waals surface area contributed by atoms with Gasteiger partial charge in [0, 0.05) is 0 Å². The molecule has 0 unspecified atom stereocenters. The van der Waals surface area contributed by atoms with Crippen molar-refractivity contribution in [2.24, 2.45) is 0 Å². The van der Waals surface area contributed by atoms with Crippen molar-refractivity contribution in [1.29, 1.82) is 0 Å². The van der Waals surface area contributed by atoms with E-state index >= 15 is 0 Å². The number of nitrogens with two attached hydrogens (primary N) is 1. The van der Waals surface area contributed by atoms with Gasteiger partial charge in [-0.05, 0) is 10.4 Å². The third-order valence-electron chi connectivity index (χ3n) is 0.895. The number of amides is 1. The quantitative estimate of drug-likeness (QED) is 0.374. The van der Waals surface area contributed by atoms with E-state index in [0.717, 1.165) is 0 Å². The number of carbonyl (C=O) groups is 1. The summed E-state index contributed by atoms with van der Waals surface area (Å²) < 4.78 is 0. The zero-order valence-electron chi connectivity index (χ0n) is 7.25. The smallest absolute Gasteiger partial charge is 0.269 e. The van der Waals surface area contributed by atoms with Gasteiger partial charge in [-0.15, -0.1) is 10.2 Å². The standard InChI is InChI=1S/C2H3N5O.CH3N5.H2O/c8-1-3-2-4-6-7-5-2;2-1-3-5-6-4-1;/h1H,(H2,3,4,5,6,7,8);(H3,2,3,4,5,6);1H2. The van der Waals surface area contributed by atoms with Gasteiger partial charge in [0.15, 0.2) is 0 Å². The van der Waals surface area contributed by atoms with Crippen LogP contribution in [0.1, 0.15) is 0 Å². The van der Waals surface area contributed by atoms with Crippen molar-refractivity contribution in [2.45, 2.75) is 0 Å². The summed E-state index contributed by atoms with van der Waals surface area (Å²) in [6.07, 6.45) is 0.477. The Morgan fingerprint density at radius 2 is 1.87 bits per heavy atom. The first-order valence-electron chi connectivity index (χ1n) is 3.25. The lowest BCUT2D eigenvalue weighted by Gasteiger charge is -1.79. The molecule has 0 spiro atoms. The molecule has 7 N–H and O–H groups in total. The Kier molecular flexibility index (Phi) is 5.64. The molecule has 2 heterocycles. The van der Waals surface area contributed by atoms with E-state index in [1.165, 1.54) is 0 Å². The average molecular weight is 216 g/mol. The van der Waals surface area contributed by atoms with Gasteiger partial charge in [-0.1, -0.05) is 10.2 Å². The van der Waals surface area contributed by atoms with Crippen LogP contribution in [0.25, 0.3) is 0 Å². The zero-order valence-corrected chi connectivity index (χ0v) is 7.25. The van der Waals surface area contributed by atoms with Crippen molar-refractivity contribution < 1.29 is 10.3 Å². The van der Waals surface area contributed by atoms with E-state index in [1.807, 2.05) is 0 Å². The van der Waals surface area contributed by atoms with E-state index < -0.39 is 0 Å². The maximum Gasteiger partial charge on any atom is 0.269 e. The van der Waals surface area contributed by atoms with Crippen LogP contribution in [0.4, 0.5) is 11.9 Å². The van der Waals surface area contributed by atoms with Crippen molar-refractivity contribution in [2.75, 3.05) is 11.1 Å². The van der Waals surface area contributed by atoms with Crippen molar-refractivity contribution in [1.82, 2.24) is 41.2 Å². The molecule has 2 rings (SSSR count). The van der Waals surface area contributed by atoms with Crippen LogP contribution < -0.4 is 11.1 Å². The summed E-state index contributed by atoms with van der Waals surface area (Å²) in [6, 6.07) is 0. The molecular weight excluding hydrogens is 208 g/mol. The molecule has 15 heavy (non-hydrogen) atoms. The van der Waals surface area contributed by atoms with Gasteiger partial charge in [-0.3, -0.25) is 10.1 Å². The van der Waals surface area contributed by atoms with Gasteiger partial charge >= 0.3 is 0 Å². The molecule has 2 aromatic heterocycles. The van der Waals surface area contributed by atoms with E-state index in [4.69, 9.17) is 5.73 Å². The Hall–Kier alpha value is -2.63. The molecule has 0 aliphatic heterocycles. The molecule has 82 valence electrons. The topological polar surface area (TPSA) is 196 Å². The van der Waals surface area contributed by atoms with Crippen LogP contribution in [0.15, 0.2) is 0 Å². The number of rotatable bonds is 2. The molecule has 0 fully saturated rings. The second-order valence-corrected chi connectivity index (χ2v) is 1.77. The first-order valence-corrected chi connectivity index (χ1v) is 3.25. The van der Waals surface area contributed by atoms with Crippen LogP contribution in [0, 0.1) is 0 Å². The minimum atomic E-state index is 0. The van der Waals surface area contributed by atoms with E-state index in [2.05, 4.69) is 46.6 Å². The molecule has 12 heteroatoms. The summed E-state index contributed by atoms with van der Waals surface area (Å²) in [5, 5.41) is 26.4. The van der Waals surface area contributed by atoms with Crippen molar-refractivity contribution in [3.8, 4) is 0 Å². The fourth-order valence-electron chi connectivity index (χ4n) is 0.445.